The predicted octanol–water partition coefficient (Wildman–Crippen LogP) is 5.19. The molecule has 0 spiro atoms. The van der Waals surface area contributed by atoms with Gasteiger partial charge in [0.05, 0.1) is 30.1 Å². The second kappa shape index (κ2) is 6.24. The van der Waals surface area contributed by atoms with E-state index in [9.17, 15) is 13.2 Å². The maximum absolute atomic E-state index is 14.0. The van der Waals surface area contributed by atoms with Gasteiger partial charge in [-0.2, -0.15) is 19.0 Å². The molecule has 2 aliphatic rings. The minimum atomic E-state index is -4.49. The Bertz CT molecular complexity index is 1010. The Morgan fingerprint density at radius 2 is 1.79 bits per heavy atom. The third-order valence-electron chi connectivity index (χ3n) is 6.10. The maximum atomic E-state index is 14.0. The molecule has 0 amide bonds. The number of para-hydroxylation sites is 1. The Kier molecular flexibility index (Phi) is 4.26. The Balaban J connectivity index is 2.15. The fraction of sp³-hybridized carbons (Fsp3) is 0.364. The Hall–Kier alpha value is -2.51. The van der Waals surface area contributed by atoms with Gasteiger partial charge in [0.2, 0.25) is 6.17 Å². The van der Waals surface area contributed by atoms with Gasteiger partial charge < -0.3 is 5.73 Å². The number of quaternary nitrogens is 1. The molecule has 2 aliphatic heterocycles. The van der Waals surface area contributed by atoms with E-state index in [2.05, 4.69) is 13.8 Å². The van der Waals surface area contributed by atoms with E-state index >= 15 is 0 Å². The minimum absolute atomic E-state index is 0.100. The average Bonchev–Trinajstić information content (AvgIpc) is 2.87. The fourth-order valence-corrected chi connectivity index (χ4v) is 4.76. The summed E-state index contributed by atoms with van der Waals surface area (Å²) in [7, 11) is 1.78. The van der Waals surface area contributed by atoms with E-state index in [1.54, 1.807) is 13.2 Å². The molecular formula is C22H26F3N4+. The molecule has 0 saturated heterocycles. The highest BCUT2D eigenvalue weighted by atomic mass is 19.4. The number of alkyl halides is 3. The van der Waals surface area contributed by atoms with Crippen LogP contribution in [0.3, 0.4) is 0 Å². The first-order chi connectivity index (χ1) is 13.4. The number of benzene rings is 2. The summed E-state index contributed by atoms with van der Waals surface area (Å²) in [5.74, 6) is 6.26. The van der Waals surface area contributed by atoms with Gasteiger partial charge in [-0.1, -0.05) is 39.0 Å². The molecule has 0 saturated carbocycles. The van der Waals surface area contributed by atoms with Crippen LogP contribution in [-0.4, -0.2) is 11.6 Å². The number of nitrogen functional groups attached to an aromatic ring is 1. The second-order valence-corrected chi connectivity index (χ2v) is 8.49. The van der Waals surface area contributed by atoms with Gasteiger partial charge >= 0.3 is 6.18 Å². The van der Waals surface area contributed by atoms with Crippen LogP contribution in [-0.2, 0) is 6.18 Å². The zero-order chi connectivity index (χ0) is 21.3. The molecule has 3 atom stereocenters. The van der Waals surface area contributed by atoms with Crippen molar-refractivity contribution in [3.63, 3.8) is 0 Å². The van der Waals surface area contributed by atoms with E-state index < -0.39 is 23.8 Å². The van der Waals surface area contributed by atoms with E-state index in [1.807, 2.05) is 36.2 Å². The number of hydrogen-bond donors (Lipinski definition) is 2. The van der Waals surface area contributed by atoms with Crippen molar-refractivity contribution in [2.75, 3.05) is 17.7 Å². The first-order valence-corrected chi connectivity index (χ1v) is 9.69. The number of fused-ring (bicyclic) bond motifs is 5. The summed E-state index contributed by atoms with van der Waals surface area (Å²) in [6.07, 6.45) is -1.39. The monoisotopic (exact) mass is 403 g/mol. The molecule has 4 nitrogen and oxygen atoms in total. The Labute approximate surface area is 168 Å². The van der Waals surface area contributed by atoms with Gasteiger partial charge in [-0.15, -0.1) is 0 Å². The summed E-state index contributed by atoms with van der Waals surface area (Å²) in [5, 5.41) is 0. The molecule has 0 aliphatic carbocycles. The molecule has 0 aromatic heterocycles. The smallest absolute Gasteiger partial charge is 0.398 e. The van der Waals surface area contributed by atoms with E-state index in [0.717, 1.165) is 22.9 Å². The molecule has 2 aromatic carbocycles. The first kappa shape index (κ1) is 19.8. The Morgan fingerprint density at radius 3 is 2.41 bits per heavy atom. The zero-order valence-corrected chi connectivity index (χ0v) is 17.0. The van der Waals surface area contributed by atoms with Crippen LogP contribution in [0.4, 0.5) is 24.5 Å². The van der Waals surface area contributed by atoms with Gasteiger partial charge in [0, 0.05) is 11.6 Å². The van der Waals surface area contributed by atoms with Gasteiger partial charge in [0.25, 0.3) is 0 Å². The number of rotatable bonds is 1. The lowest BCUT2D eigenvalue weighted by Gasteiger charge is -2.35. The second-order valence-electron chi connectivity index (χ2n) is 8.49. The fourth-order valence-electron chi connectivity index (χ4n) is 4.76. The summed E-state index contributed by atoms with van der Waals surface area (Å²) >= 11 is 0. The average molecular weight is 403 g/mol. The highest BCUT2D eigenvalue weighted by molar-refractivity contribution is 5.72. The van der Waals surface area contributed by atoms with Crippen LogP contribution in [0.25, 0.3) is 0 Å². The maximum Gasteiger partial charge on any atom is 0.416 e. The van der Waals surface area contributed by atoms with E-state index in [-0.39, 0.29) is 16.1 Å². The predicted molar refractivity (Wildman–Crippen MR) is 109 cm³/mol. The number of halogens is 3. The lowest BCUT2D eigenvalue weighted by molar-refractivity contribution is -0.896. The standard InChI is InChI=1S/C22H26F3N4/c1-12(2)14-6-5-7-15-13(3)18-16(22(23,24)25)8-9-17(26)19(18)21-28(20(14)15)10-11-29(21,4)27/h5-13,21H,26-27H2,1-4H3/q+1. The van der Waals surface area contributed by atoms with Crippen LogP contribution in [0, 0.1) is 0 Å². The van der Waals surface area contributed by atoms with Crippen LogP contribution >= 0.6 is 0 Å². The topological polar surface area (TPSA) is 55.3 Å². The minimum Gasteiger partial charge on any atom is -0.398 e. The van der Waals surface area contributed by atoms with Crippen LogP contribution in [0.5, 0.6) is 0 Å². The van der Waals surface area contributed by atoms with Crippen molar-refractivity contribution in [3.8, 4) is 0 Å². The number of nitrogens with two attached hydrogens (primary N) is 2. The highest BCUT2D eigenvalue weighted by Gasteiger charge is 2.49. The molecule has 0 bridgehead atoms. The van der Waals surface area contributed by atoms with Crippen molar-refractivity contribution in [3.05, 3.63) is 70.5 Å². The SMILES string of the molecule is CC(C)c1cccc2c1N1C=C[N+](C)(N)C1c1c(N)ccc(C(F)(F)F)c1C2C. The van der Waals surface area contributed by atoms with Gasteiger partial charge in [-0.3, -0.25) is 4.90 Å². The third kappa shape index (κ3) is 2.83. The Morgan fingerprint density at radius 1 is 1.10 bits per heavy atom. The molecular weight excluding hydrogens is 377 g/mol. The van der Waals surface area contributed by atoms with E-state index in [4.69, 9.17) is 11.6 Å². The molecule has 7 heteroatoms. The number of nitrogens with zero attached hydrogens (tertiary/aromatic N) is 2. The number of hydrogen-bond acceptors (Lipinski definition) is 3. The van der Waals surface area contributed by atoms with Crippen molar-refractivity contribution < 1.29 is 17.8 Å². The molecule has 3 unspecified atom stereocenters. The van der Waals surface area contributed by atoms with Gasteiger partial charge in [0.1, 0.15) is 6.20 Å². The lowest BCUT2D eigenvalue weighted by Crippen LogP contribution is -2.50. The third-order valence-corrected chi connectivity index (χ3v) is 6.10. The molecule has 29 heavy (non-hydrogen) atoms. The summed E-state index contributed by atoms with van der Waals surface area (Å²) in [6.45, 7) is 5.99. The summed E-state index contributed by atoms with van der Waals surface area (Å²) in [5.41, 5.74) is 9.50. The number of anilines is 2. The van der Waals surface area contributed by atoms with Crippen molar-refractivity contribution in [2.45, 2.75) is 44.9 Å². The molecule has 0 fully saturated rings. The van der Waals surface area contributed by atoms with Crippen molar-refractivity contribution in [1.29, 1.82) is 0 Å². The zero-order valence-electron chi connectivity index (χ0n) is 17.0. The van der Waals surface area contributed by atoms with Crippen LogP contribution in [0.15, 0.2) is 42.7 Å². The van der Waals surface area contributed by atoms with Crippen molar-refractivity contribution in [2.24, 2.45) is 5.84 Å². The molecule has 154 valence electrons. The van der Waals surface area contributed by atoms with E-state index in [0.29, 0.717) is 11.3 Å². The summed E-state index contributed by atoms with van der Waals surface area (Å²) in [6, 6.07) is 8.30. The van der Waals surface area contributed by atoms with Crippen molar-refractivity contribution >= 4 is 11.4 Å². The molecule has 4 rings (SSSR count). The summed E-state index contributed by atoms with van der Waals surface area (Å²) in [4.78, 5) is 2.00. The van der Waals surface area contributed by atoms with Gasteiger partial charge in [-0.25, -0.2) is 4.59 Å². The van der Waals surface area contributed by atoms with Crippen LogP contribution in [0.1, 0.15) is 66.6 Å². The van der Waals surface area contributed by atoms with E-state index in [1.165, 1.54) is 6.07 Å². The van der Waals surface area contributed by atoms with Crippen LogP contribution < -0.4 is 16.5 Å². The molecule has 0 radical (unpaired) electrons. The summed E-state index contributed by atoms with van der Waals surface area (Å²) < 4.78 is 42.0. The first-order valence-electron chi connectivity index (χ1n) is 9.69. The molecule has 2 aromatic rings. The van der Waals surface area contributed by atoms with Crippen molar-refractivity contribution in [1.82, 2.24) is 0 Å². The van der Waals surface area contributed by atoms with Gasteiger partial charge in [0.15, 0.2) is 0 Å². The lowest BCUT2D eigenvalue weighted by atomic mass is 9.83. The van der Waals surface area contributed by atoms with Gasteiger partial charge in [-0.05, 0) is 34.7 Å². The highest BCUT2D eigenvalue weighted by Crippen LogP contribution is 2.53. The normalized spacial score (nSPS) is 25.6. The van der Waals surface area contributed by atoms with Crippen LogP contribution in [0.2, 0.25) is 0 Å². The molecule has 4 N–H and O–H groups in total. The largest absolute Gasteiger partial charge is 0.416 e. The molecule has 2 heterocycles. The quantitative estimate of drug-likeness (QED) is 0.392.